The Labute approximate surface area is 143 Å². The third-order valence-electron chi connectivity index (χ3n) is 4.05. The van der Waals surface area contributed by atoms with Gasteiger partial charge in [0.15, 0.2) is 5.13 Å². The maximum absolute atomic E-state index is 12.0. The average Bonchev–Trinajstić information content (AvgIpc) is 3.02. The molecule has 3 aromatic rings. The van der Waals surface area contributed by atoms with E-state index in [9.17, 15) is 4.79 Å². The summed E-state index contributed by atoms with van der Waals surface area (Å²) in [5.74, 6) is -0.00677. The number of amides is 1. The van der Waals surface area contributed by atoms with E-state index < -0.39 is 0 Å². The number of aromatic nitrogens is 2. The number of nitrogens with one attached hydrogen (secondary N) is 2. The van der Waals surface area contributed by atoms with Crippen LogP contribution in [0.25, 0.3) is 22.4 Å². The first-order chi connectivity index (χ1) is 11.8. The van der Waals surface area contributed by atoms with Crippen molar-refractivity contribution in [1.82, 2.24) is 15.3 Å². The van der Waals surface area contributed by atoms with Crippen molar-refractivity contribution >= 4 is 22.4 Å². The zero-order valence-electron chi connectivity index (χ0n) is 12.9. The van der Waals surface area contributed by atoms with Gasteiger partial charge in [0.25, 0.3) is 0 Å². The maximum atomic E-state index is 12.0. The van der Waals surface area contributed by atoms with Gasteiger partial charge in [-0.3, -0.25) is 9.78 Å². The molecule has 1 aliphatic heterocycles. The van der Waals surface area contributed by atoms with Crippen LogP contribution in [0.2, 0.25) is 0 Å². The number of nitrogens with zero attached hydrogens (tertiary/aromatic N) is 2. The Hall–Kier alpha value is -2.57. The number of anilines is 1. The standard InChI is InChI=1S/C18H16N4OS/c23-17(15-6-9-20-15)22-18-21-16(11-24-18)14-3-1-2-13(10-14)12-4-7-19-8-5-12/h1-5,7-8,10-11,15,20H,6,9H2,(H,21,22,23). The molecule has 0 radical (unpaired) electrons. The van der Waals surface area contributed by atoms with Crippen molar-refractivity contribution in [3.05, 3.63) is 54.2 Å². The van der Waals surface area contributed by atoms with E-state index in [-0.39, 0.29) is 11.9 Å². The Morgan fingerprint density at radius 1 is 1.17 bits per heavy atom. The lowest BCUT2D eigenvalue weighted by atomic mass is 10.0. The van der Waals surface area contributed by atoms with Gasteiger partial charge in [-0.25, -0.2) is 4.98 Å². The lowest BCUT2D eigenvalue weighted by Gasteiger charge is -2.25. The Morgan fingerprint density at radius 2 is 1.96 bits per heavy atom. The van der Waals surface area contributed by atoms with Crippen molar-refractivity contribution in [2.24, 2.45) is 0 Å². The van der Waals surface area contributed by atoms with E-state index >= 15 is 0 Å². The largest absolute Gasteiger partial charge is 0.306 e. The Balaban J connectivity index is 1.55. The minimum atomic E-state index is -0.0765. The molecule has 0 aliphatic carbocycles. The van der Waals surface area contributed by atoms with Crippen LogP contribution in [0.4, 0.5) is 5.13 Å². The second kappa shape index (κ2) is 6.51. The Morgan fingerprint density at radius 3 is 2.71 bits per heavy atom. The molecule has 1 aliphatic rings. The van der Waals surface area contributed by atoms with Gasteiger partial charge in [-0.2, -0.15) is 0 Å². The van der Waals surface area contributed by atoms with Crippen LogP contribution in [-0.2, 0) is 4.79 Å². The molecular weight excluding hydrogens is 320 g/mol. The summed E-state index contributed by atoms with van der Waals surface area (Å²) in [6.45, 7) is 0.906. The fourth-order valence-electron chi connectivity index (χ4n) is 2.57. The Bertz CT molecular complexity index is 858. The van der Waals surface area contributed by atoms with E-state index in [1.807, 2.05) is 29.6 Å². The van der Waals surface area contributed by atoms with Crippen molar-refractivity contribution in [2.75, 3.05) is 11.9 Å². The molecule has 1 atom stereocenters. The molecule has 6 heteroatoms. The third kappa shape index (κ3) is 3.06. The van der Waals surface area contributed by atoms with E-state index in [0.717, 1.165) is 35.3 Å². The van der Waals surface area contributed by atoms with Crippen molar-refractivity contribution < 1.29 is 4.79 Å². The van der Waals surface area contributed by atoms with Crippen LogP contribution in [0.3, 0.4) is 0 Å². The number of carbonyl (C=O) groups is 1. The number of carbonyl (C=O) groups excluding carboxylic acids is 1. The molecule has 1 aromatic carbocycles. The van der Waals surface area contributed by atoms with Crippen LogP contribution >= 0.6 is 11.3 Å². The maximum Gasteiger partial charge on any atom is 0.243 e. The fraction of sp³-hybridized carbons (Fsp3) is 0.167. The highest BCUT2D eigenvalue weighted by Gasteiger charge is 2.25. The minimum absolute atomic E-state index is 0.00677. The predicted octanol–water partition coefficient (Wildman–Crippen LogP) is 3.17. The topological polar surface area (TPSA) is 66.9 Å². The minimum Gasteiger partial charge on any atom is -0.306 e. The van der Waals surface area contributed by atoms with Crippen molar-refractivity contribution in [1.29, 1.82) is 0 Å². The van der Waals surface area contributed by atoms with Gasteiger partial charge in [0, 0.05) is 23.3 Å². The summed E-state index contributed by atoms with van der Waals surface area (Å²) < 4.78 is 0. The molecule has 5 nitrogen and oxygen atoms in total. The zero-order valence-corrected chi connectivity index (χ0v) is 13.7. The smallest absolute Gasteiger partial charge is 0.243 e. The number of benzene rings is 1. The monoisotopic (exact) mass is 336 g/mol. The molecule has 0 saturated carbocycles. The van der Waals surface area contributed by atoms with Crippen LogP contribution in [0.1, 0.15) is 6.42 Å². The van der Waals surface area contributed by atoms with Gasteiger partial charge in [0.1, 0.15) is 0 Å². The van der Waals surface area contributed by atoms with Crippen LogP contribution in [0.5, 0.6) is 0 Å². The quantitative estimate of drug-likeness (QED) is 0.768. The van der Waals surface area contributed by atoms with E-state index in [4.69, 9.17) is 0 Å². The van der Waals surface area contributed by atoms with E-state index in [0.29, 0.717) is 5.13 Å². The number of hydrogen-bond acceptors (Lipinski definition) is 5. The van der Waals surface area contributed by atoms with Crippen LogP contribution in [0.15, 0.2) is 54.2 Å². The summed E-state index contributed by atoms with van der Waals surface area (Å²) in [6, 6.07) is 12.1. The summed E-state index contributed by atoms with van der Waals surface area (Å²) in [5.41, 5.74) is 4.13. The average molecular weight is 336 g/mol. The molecular formula is C18H16N4OS. The third-order valence-corrected chi connectivity index (χ3v) is 4.80. The molecule has 4 rings (SSSR count). The van der Waals surface area contributed by atoms with Gasteiger partial charge in [0.2, 0.25) is 5.91 Å². The highest BCUT2D eigenvalue weighted by molar-refractivity contribution is 7.14. The summed E-state index contributed by atoms with van der Waals surface area (Å²) in [7, 11) is 0. The zero-order chi connectivity index (χ0) is 16.4. The molecule has 120 valence electrons. The molecule has 1 saturated heterocycles. The van der Waals surface area contributed by atoms with Crippen molar-refractivity contribution in [3.63, 3.8) is 0 Å². The van der Waals surface area contributed by atoms with Gasteiger partial charge >= 0.3 is 0 Å². The van der Waals surface area contributed by atoms with Crippen LogP contribution in [0, 0.1) is 0 Å². The van der Waals surface area contributed by atoms with Gasteiger partial charge in [-0.1, -0.05) is 18.2 Å². The number of pyridine rings is 1. The first kappa shape index (κ1) is 15.0. The summed E-state index contributed by atoms with van der Waals surface area (Å²) in [6.07, 6.45) is 4.46. The summed E-state index contributed by atoms with van der Waals surface area (Å²) in [5, 5.41) is 8.57. The number of hydrogen-bond donors (Lipinski definition) is 2. The molecule has 1 amide bonds. The summed E-state index contributed by atoms with van der Waals surface area (Å²) in [4.78, 5) is 20.6. The van der Waals surface area contributed by atoms with Crippen molar-refractivity contribution in [3.8, 4) is 22.4 Å². The van der Waals surface area contributed by atoms with Gasteiger partial charge in [-0.05, 0) is 42.3 Å². The lowest BCUT2D eigenvalue weighted by Crippen LogP contribution is -2.50. The molecule has 0 spiro atoms. The SMILES string of the molecule is O=C(Nc1nc(-c2cccc(-c3ccncc3)c2)cs1)C1CCN1. The highest BCUT2D eigenvalue weighted by Crippen LogP contribution is 2.28. The van der Waals surface area contributed by atoms with Gasteiger partial charge in [0.05, 0.1) is 11.7 Å². The first-order valence-electron chi connectivity index (χ1n) is 7.80. The molecule has 1 unspecified atom stereocenters. The molecule has 2 N–H and O–H groups in total. The molecule has 0 bridgehead atoms. The molecule has 3 heterocycles. The summed E-state index contributed by atoms with van der Waals surface area (Å²) >= 11 is 1.45. The van der Waals surface area contributed by atoms with Gasteiger partial charge < -0.3 is 10.6 Å². The van der Waals surface area contributed by atoms with Crippen LogP contribution < -0.4 is 10.6 Å². The van der Waals surface area contributed by atoms with E-state index in [1.165, 1.54) is 11.3 Å². The normalized spacial score (nSPS) is 16.4. The Kier molecular flexibility index (Phi) is 4.06. The molecule has 1 fully saturated rings. The number of rotatable bonds is 4. The second-order valence-electron chi connectivity index (χ2n) is 5.64. The second-order valence-corrected chi connectivity index (χ2v) is 6.50. The molecule has 24 heavy (non-hydrogen) atoms. The van der Waals surface area contributed by atoms with E-state index in [2.05, 4.69) is 32.7 Å². The molecule has 2 aromatic heterocycles. The van der Waals surface area contributed by atoms with Gasteiger partial charge in [-0.15, -0.1) is 11.3 Å². The van der Waals surface area contributed by atoms with Crippen molar-refractivity contribution in [2.45, 2.75) is 12.5 Å². The first-order valence-corrected chi connectivity index (χ1v) is 8.68. The highest BCUT2D eigenvalue weighted by atomic mass is 32.1. The predicted molar refractivity (Wildman–Crippen MR) is 95.8 cm³/mol. The fourth-order valence-corrected chi connectivity index (χ4v) is 3.29. The number of thiazole rings is 1. The van der Waals surface area contributed by atoms with E-state index in [1.54, 1.807) is 12.4 Å². The lowest BCUT2D eigenvalue weighted by molar-refractivity contribution is -0.119. The van der Waals surface area contributed by atoms with Crippen LogP contribution in [-0.4, -0.2) is 28.5 Å².